The summed E-state index contributed by atoms with van der Waals surface area (Å²) in [7, 11) is -2.11. The molecule has 0 saturated carbocycles. The van der Waals surface area contributed by atoms with Gasteiger partial charge in [-0.15, -0.1) is 0 Å². The lowest BCUT2D eigenvalue weighted by molar-refractivity contribution is 0.588. The molecular formula is C15H19N3O2S. The Hall–Kier alpha value is -2.05. The zero-order chi connectivity index (χ0) is 15.6. The zero-order valence-corrected chi connectivity index (χ0v) is 13.1. The van der Waals surface area contributed by atoms with Gasteiger partial charge in [-0.25, -0.2) is 13.1 Å². The number of anilines is 3. The summed E-state index contributed by atoms with van der Waals surface area (Å²) in [5.41, 5.74) is 10.2. The minimum absolute atomic E-state index is 0.147. The summed E-state index contributed by atoms with van der Waals surface area (Å²) in [6.45, 7) is 4.01. The Morgan fingerprint density at radius 3 is 2.33 bits per heavy atom. The molecule has 2 rings (SSSR count). The van der Waals surface area contributed by atoms with Crippen LogP contribution in [0.4, 0.5) is 17.1 Å². The first-order chi connectivity index (χ1) is 9.83. The topological polar surface area (TPSA) is 84.2 Å². The Labute approximate surface area is 125 Å². The van der Waals surface area contributed by atoms with E-state index in [2.05, 4.69) is 10.0 Å². The number of hydrogen-bond acceptors (Lipinski definition) is 4. The van der Waals surface area contributed by atoms with Gasteiger partial charge in [-0.1, -0.05) is 12.1 Å². The van der Waals surface area contributed by atoms with Crippen LogP contribution in [-0.2, 0) is 10.0 Å². The van der Waals surface area contributed by atoms with Crippen molar-refractivity contribution in [1.29, 1.82) is 0 Å². The SMILES string of the molecule is CNS(=O)(=O)c1ccc(Nc2cc(C)ccc2C)c(N)c1. The highest BCUT2D eigenvalue weighted by Gasteiger charge is 2.13. The summed E-state index contributed by atoms with van der Waals surface area (Å²) in [5, 5.41) is 3.24. The molecule has 0 unspecified atom stereocenters. The Kier molecular flexibility index (Phi) is 4.20. The normalized spacial score (nSPS) is 11.4. The molecule has 0 fully saturated rings. The number of hydrogen-bond donors (Lipinski definition) is 3. The fraction of sp³-hybridized carbons (Fsp3) is 0.200. The van der Waals surface area contributed by atoms with E-state index >= 15 is 0 Å². The number of nitrogens with one attached hydrogen (secondary N) is 2. The lowest BCUT2D eigenvalue weighted by Gasteiger charge is -2.13. The van der Waals surface area contributed by atoms with Gasteiger partial charge in [0.15, 0.2) is 0 Å². The van der Waals surface area contributed by atoms with E-state index in [1.165, 1.54) is 19.2 Å². The molecule has 6 heteroatoms. The smallest absolute Gasteiger partial charge is 0.240 e. The molecule has 2 aromatic rings. The van der Waals surface area contributed by atoms with Crippen molar-refractivity contribution in [1.82, 2.24) is 4.72 Å². The third-order valence-corrected chi connectivity index (χ3v) is 4.68. The van der Waals surface area contributed by atoms with Crippen molar-refractivity contribution in [3.05, 3.63) is 47.5 Å². The predicted molar refractivity (Wildman–Crippen MR) is 86.3 cm³/mol. The van der Waals surface area contributed by atoms with E-state index in [1.807, 2.05) is 32.0 Å². The van der Waals surface area contributed by atoms with Crippen molar-refractivity contribution in [3.63, 3.8) is 0 Å². The maximum atomic E-state index is 11.7. The van der Waals surface area contributed by atoms with Gasteiger partial charge in [0, 0.05) is 5.69 Å². The summed E-state index contributed by atoms with van der Waals surface area (Å²) < 4.78 is 25.7. The summed E-state index contributed by atoms with van der Waals surface area (Å²) in [5.74, 6) is 0. The number of sulfonamides is 1. The van der Waals surface area contributed by atoms with E-state index in [9.17, 15) is 8.42 Å². The van der Waals surface area contributed by atoms with Crippen LogP contribution in [0.15, 0.2) is 41.3 Å². The van der Waals surface area contributed by atoms with E-state index < -0.39 is 10.0 Å². The van der Waals surface area contributed by atoms with Gasteiger partial charge in [-0.3, -0.25) is 0 Å². The third-order valence-electron chi connectivity index (χ3n) is 3.26. The molecular weight excluding hydrogens is 286 g/mol. The summed E-state index contributed by atoms with van der Waals surface area (Å²) in [6, 6.07) is 10.7. The van der Waals surface area contributed by atoms with Crippen LogP contribution in [0.3, 0.4) is 0 Å². The molecule has 0 spiro atoms. The quantitative estimate of drug-likeness (QED) is 0.758. The van der Waals surface area contributed by atoms with E-state index in [4.69, 9.17) is 5.73 Å². The molecule has 0 atom stereocenters. The van der Waals surface area contributed by atoms with Crippen LogP contribution in [0.1, 0.15) is 11.1 Å². The molecule has 0 heterocycles. The zero-order valence-electron chi connectivity index (χ0n) is 12.3. The molecule has 5 nitrogen and oxygen atoms in total. The van der Waals surface area contributed by atoms with Gasteiger partial charge in [0.05, 0.1) is 16.3 Å². The van der Waals surface area contributed by atoms with Gasteiger partial charge in [-0.2, -0.15) is 0 Å². The van der Waals surface area contributed by atoms with Crippen LogP contribution >= 0.6 is 0 Å². The van der Waals surface area contributed by atoms with Crippen molar-refractivity contribution >= 4 is 27.1 Å². The Morgan fingerprint density at radius 2 is 1.71 bits per heavy atom. The standard InChI is InChI=1S/C15H19N3O2S/c1-10-4-5-11(2)15(8-10)18-14-7-6-12(9-13(14)16)21(19,20)17-3/h4-9,17-18H,16H2,1-3H3. The van der Waals surface area contributed by atoms with Crippen molar-refractivity contribution in [3.8, 4) is 0 Å². The summed E-state index contributed by atoms with van der Waals surface area (Å²) in [4.78, 5) is 0.147. The van der Waals surface area contributed by atoms with Gasteiger partial charge in [-0.05, 0) is 56.3 Å². The second kappa shape index (κ2) is 5.75. The molecule has 0 aliphatic carbocycles. The predicted octanol–water partition coefficient (Wildman–Crippen LogP) is 2.54. The molecule has 0 radical (unpaired) electrons. The Morgan fingerprint density at radius 1 is 1.00 bits per heavy atom. The number of rotatable bonds is 4. The summed E-state index contributed by atoms with van der Waals surface area (Å²) in [6.07, 6.45) is 0. The van der Waals surface area contributed by atoms with Gasteiger partial charge in [0.25, 0.3) is 0 Å². The largest absolute Gasteiger partial charge is 0.397 e. The Balaban J connectivity index is 2.36. The van der Waals surface area contributed by atoms with Crippen LogP contribution in [-0.4, -0.2) is 15.5 Å². The fourth-order valence-electron chi connectivity index (χ4n) is 1.96. The van der Waals surface area contributed by atoms with Gasteiger partial charge in [0.2, 0.25) is 10.0 Å². The van der Waals surface area contributed by atoms with Crippen molar-refractivity contribution < 1.29 is 8.42 Å². The highest BCUT2D eigenvalue weighted by molar-refractivity contribution is 7.89. The number of nitrogens with two attached hydrogens (primary N) is 1. The Bertz CT molecular complexity index is 770. The fourth-order valence-corrected chi connectivity index (χ4v) is 2.72. The molecule has 2 aromatic carbocycles. The second-order valence-corrected chi connectivity index (χ2v) is 6.79. The minimum atomic E-state index is -3.48. The van der Waals surface area contributed by atoms with E-state index in [0.29, 0.717) is 11.4 Å². The minimum Gasteiger partial charge on any atom is -0.397 e. The first-order valence-corrected chi connectivity index (χ1v) is 7.99. The summed E-state index contributed by atoms with van der Waals surface area (Å²) >= 11 is 0. The average molecular weight is 305 g/mol. The van der Waals surface area contributed by atoms with Crippen LogP contribution in [0.5, 0.6) is 0 Å². The second-order valence-electron chi connectivity index (χ2n) is 4.90. The molecule has 0 aromatic heterocycles. The van der Waals surface area contributed by atoms with E-state index in [0.717, 1.165) is 16.8 Å². The lowest BCUT2D eigenvalue weighted by Crippen LogP contribution is -2.18. The average Bonchev–Trinajstić information content (AvgIpc) is 2.44. The molecule has 0 aliphatic rings. The molecule has 0 aliphatic heterocycles. The highest BCUT2D eigenvalue weighted by Crippen LogP contribution is 2.28. The molecule has 0 amide bonds. The molecule has 0 bridgehead atoms. The highest BCUT2D eigenvalue weighted by atomic mass is 32.2. The monoisotopic (exact) mass is 305 g/mol. The van der Waals surface area contributed by atoms with E-state index in [1.54, 1.807) is 6.07 Å². The number of benzene rings is 2. The number of aryl methyl sites for hydroxylation is 2. The van der Waals surface area contributed by atoms with Crippen LogP contribution in [0.2, 0.25) is 0 Å². The van der Waals surface area contributed by atoms with Crippen LogP contribution in [0, 0.1) is 13.8 Å². The van der Waals surface area contributed by atoms with Gasteiger partial charge >= 0.3 is 0 Å². The molecule has 21 heavy (non-hydrogen) atoms. The maximum absolute atomic E-state index is 11.7. The third kappa shape index (κ3) is 3.34. The first kappa shape index (κ1) is 15.3. The molecule has 4 N–H and O–H groups in total. The number of nitrogen functional groups attached to an aromatic ring is 1. The van der Waals surface area contributed by atoms with Crippen LogP contribution in [0.25, 0.3) is 0 Å². The van der Waals surface area contributed by atoms with Crippen LogP contribution < -0.4 is 15.8 Å². The van der Waals surface area contributed by atoms with Crippen molar-refractivity contribution in [2.75, 3.05) is 18.1 Å². The van der Waals surface area contributed by atoms with Crippen molar-refractivity contribution in [2.45, 2.75) is 18.7 Å². The van der Waals surface area contributed by atoms with Gasteiger partial charge < -0.3 is 11.1 Å². The molecule has 112 valence electrons. The molecule has 0 saturated heterocycles. The van der Waals surface area contributed by atoms with E-state index in [-0.39, 0.29) is 4.90 Å². The van der Waals surface area contributed by atoms with Gasteiger partial charge in [0.1, 0.15) is 0 Å². The van der Waals surface area contributed by atoms with Crippen molar-refractivity contribution in [2.24, 2.45) is 0 Å². The maximum Gasteiger partial charge on any atom is 0.240 e. The first-order valence-electron chi connectivity index (χ1n) is 6.51. The lowest BCUT2D eigenvalue weighted by atomic mass is 10.1.